The fraction of sp³-hybridized carbons (Fsp3) is 0.316. The summed E-state index contributed by atoms with van der Waals surface area (Å²) < 4.78 is 3.55. The summed E-state index contributed by atoms with van der Waals surface area (Å²) in [6.45, 7) is 3.20. The van der Waals surface area contributed by atoms with Crippen molar-refractivity contribution in [2.45, 2.75) is 19.4 Å². The molecule has 4 rings (SSSR count). The molecule has 6 heteroatoms. The summed E-state index contributed by atoms with van der Waals surface area (Å²) in [6, 6.07) is 10.2. The van der Waals surface area contributed by atoms with Crippen LogP contribution in [0.3, 0.4) is 0 Å². The molecule has 25 heavy (non-hydrogen) atoms. The molecule has 0 spiro atoms. The van der Waals surface area contributed by atoms with Crippen LogP contribution in [-0.4, -0.2) is 36.9 Å². The molecule has 1 aliphatic heterocycles. The standard InChI is InChI=1S/C19H21N5O/c1-13-8-18(21-23(13)3)19(25)24-11-14-6-4-5-7-16(14)17(12-24)15-9-20-22(2)10-15/h4-10,17H,11-12H2,1-3H3. The zero-order valence-corrected chi connectivity index (χ0v) is 14.7. The van der Waals surface area contributed by atoms with Crippen LogP contribution in [0.15, 0.2) is 42.7 Å². The third-order valence-electron chi connectivity index (χ3n) is 4.94. The molecule has 128 valence electrons. The molecule has 2 aromatic heterocycles. The first-order valence-corrected chi connectivity index (χ1v) is 8.39. The van der Waals surface area contributed by atoms with Gasteiger partial charge in [0.1, 0.15) is 0 Å². The highest BCUT2D eigenvalue weighted by molar-refractivity contribution is 5.92. The fourth-order valence-corrected chi connectivity index (χ4v) is 3.49. The number of aromatic nitrogens is 4. The average Bonchev–Trinajstić information content (AvgIpc) is 3.19. The maximum Gasteiger partial charge on any atom is 0.274 e. The highest BCUT2D eigenvalue weighted by atomic mass is 16.2. The fourth-order valence-electron chi connectivity index (χ4n) is 3.49. The van der Waals surface area contributed by atoms with Crippen LogP contribution in [0.4, 0.5) is 0 Å². The predicted octanol–water partition coefficient (Wildman–Crippen LogP) is 2.25. The molecule has 0 bridgehead atoms. The van der Waals surface area contributed by atoms with Crippen molar-refractivity contribution in [1.29, 1.82) is 0 Å². The Morgan fingerprint density at radius 2 is 2.04 bits per heavy atom. The number of carbonyl (C=O) groups is 1. The van der Waals surface area contributed by atoms with Crippen LogP contribution in [0.5, 0.6) is 0 Å². The van der Waals surface area contributed by atoms with E-state index >= 15 is 0 Å². The van der Waals surface area contributed by atoms with Crippen molar-refractivity contribution >= 4 is 5.91 Å². The summed E-state index contributed by atoms with van der Waals surface area (Å²) in [6.07, 6.45) is 3.92. The van der Waals surface area contributed by atoms with E-state index in [2.05, 4.69) is 28.4 Å². The van der Waals surface area contributed by atoms with Crippen LogP contribution in [0.25, 0.3) is 0 Å². The number of benzene rings is 1. The number of hydrogen-bond donors (Lipinski definition) is 0. The van der Waals surface area contributed by atoms with Crippen molar-refractivity contribution in [3.05, 3.63) is 70.8 Å². The highest BCUT2D eigenvalue weighted by Gasteiger charge is 2.31. The lowest BCUT2D eigenvalue weighted by molar-refractivity contribution is 0.0718. The highest BCUT2D eigenvalue weighted by Crippen LogP contribution is 2.33. The third kappa shape index (κ3) is 2.73. The van der Waals surface area contributed by atoms with Crippen LogP contribution in [0.2, 0.25) is 0 Å². The number of carbonyl (C=O) groups excluding carboxylic acids is 1. The summed E-state index contributed by atoms with van der Waals surface area (Å²) in [7, 11) is 3.77. The van der Waals surface area contributed by atoms with Crippen molar-refractivity contribution in [2.75, 3.05) is 6.54 Å². The van der Waals surface area contributed by atoms with Crippen LogP contribution in [0, 0.1) is 6.92 Å². The lowest BCUT2D eigenvalue weighted by Crippen LogP contribution is -2.38. The molecule has 1 amide bonds. The Balaban J connectivity index is 1.71. The van der Waals surface area contributed by atoms with Gasteiger partial charge < -0.3 is 4.90 Å². The van der Waals surface area contributed by atoms with E-state index in [1.54, 1.807) is 9.36 Å². The molecule has 3 heterocycles. The van der Waals surface area contributed by atoms with Crippen molar-refractivity contribution in [3.63, 3.8) is 0 Å². The largest absolute Gasteiger partial charge is 0.332 e. The first kappa shape index (κ1) is 15.6. The topological polar surface area (TPSA) is 56.0 Å². The molecule has 3 aromatic rings. The minimum Gasteiger partial charge on any atom is -0.332 e. The second-order valence-electron chi connectivity index (χ2n) is 6.68. The summed E-state index contributed by atoms with van der Waals surface area (Å²) in [5.41, 5.74) is 5.07. The van der Waals surface area contributed by atoms with Crippen molar-refractivity contribution < 1.29 is 4.79 Å². The summed E-state index contributed by atoms with van der Waals surface area (Å²) in [4.78, 5) is 14.9. The lowest BCUT2D eigenvalue weighted by Gasteiger charge is -2.34. The van der Waals surface area contributed by atoms with Gasteiger partial charge in [-0.1, -0.05) is 24.3 Å². The van der Waals surface area contributed by atoms with Gasteiger partial charge in [-0.15, -0.1) is 0 Å². The van der Waals surface area contributed by atoms with E-state index in [4.69, 9.17) is 0 Å². The molecule has 0 saturated heterocycles. The summed E-state index contributed by atoms with van der Waals surface area (Å²) in [5.74, 6) is 0.111. The van der Waals surface area contributed by atoms with Crippen molar-refractivity contribution in [3.8, 4) is 0 Å². The summed E-state index contributed by atoms with van der Waals surface area (Å²) in [5, 5.41) is 8.66. The number of hydrogen-bond acceptors (Lipinski definition) is 3. The van der Waals surface area contributed by atoms with Gasteiger partial charge >= 0.3 is 0 Å². The van der Waals surface area contributed by atoms with Gasteiger partial charge in [0.2, 0.25) is 0 Å². The first-order valence-electron chi connectivity index (χ1n) is 8.39. The molecule has 1 aliphatic rings. The Labute approximate surface area is 146 Å². The van der Waals surface area contributed by atoms with E-state index in [1.165, 1.54) is 11.1 Å². The van der Waals surface area contributed by atoms with Gasteiger partial charge in [0.15, 0.2) is 5.69 Å². The Hall–Kier alpha value is -2.89. The van der Waals surface area contributed by atoms with Crippen LogP contribution in [0.1, 0.15) is 38.8 Å². The zero-order chi connectivity index (χ0) is 17.6. The Bertz CT molecular complexity index is 919. The number of nitrogens with zero attached hydrogens (tertiary/aromatic N) is 5. The SMILES string of the molecule is Cc1cc(C(=O)N2Cc3ccccc3C(c3cnn(C)c3)C2)nn1C. The average molecular weight is 335 g/mol. The quantitative estimate of drug-likeness (QED) is 0.722. The molecule has 1 atom stereocenters. The molecule has 0 N–H and O–H groups in total. The van der Waals surface area contributed by atoms with Crippen LogP contribution in [-0.2, 0) is 20.6 Å². The molecule has 0 aliphatic carbocycles. The normalized spacial score (nSPS) is 16.8. The Kier molecular flexibility index (Phi) is 3.67. The van der Waals surface area contributed by atoms with Crippen LogP contribution >= 0.6 is 0 Å². The minimum atomic E-state index is -0.0212. The van der Waals surface area contributed by atoms with E-state index in [-0.39, 0.29) is 11.8 Å². The smallest absolute Gasteiger partial charge is 0.274 e. The summed E-state index contributed by atoms with van der Waals surface area (Å²) >= 11 is 0. The van der Waals surface area contributed by atoms with E-state index in [1.807, 2.05) is 50.4 Å². The van der Waals surface area contributed by atoms with Gasteiger partial charge in [-0.2, -0.15) is 10.2 Å². The van der Waals surface area contributed by atoms with Crippen molar-refractivity contribution in [1.82, 2.24) is 24.5 Å². The van der Waals surface area contributed by atoms with Gasteiger partial charge in [0.05, 0.1) is 6.20 Å². The maximum atomic E-state index is 13.0. The monoisotopic (exact) mass is 335 g/mol. The van der Waals surface area contributed by atoms with Crippen molar-refractivity contribution in [2.24, 2.45) is 14.1 Å². The molecule has 0 radical (unpaired) electrons. The zero-order valence-electron chi connectivity index (χ0n) is 14.7. The van der Waals surface area contributed by atoms with Gasteiger partial charge in [0.25, 0.3) is 5.91 Å². The van der Waals surface area contributed by atoms with Gasteiger partial charge in [-0.05, 0) is 29.7 Å². The maximum absolute atomic E-state index is 13.0. The molecular formula is C19H21N5O. The Morgan fingerprint density at radius 1 is 1.24 bits per heavy atom. The molecule has 6 nitrogen and oxygen atoms in total. The second kappa shape index (κ2) is 5.88. The molecule has 0 saturated carbocycles. The number of fused-ring (bicyclic) bond motifs is 1. The molecular weight excluding hydrogens is 314 g/mol. The third-order valence-corrected chi connectivity index (χ3v) is 4.94. The van der Waals surface area contributed by atoms with E-state index < -0.39 is 0 Å². The number of amides is 1. The minimum absolute atomic E-state index is 0.0212. The van der Waals surface area contributed by atoms with Gasteiger partial charge in [-0.3, -0.25) is 14.2 Å². The van der Waals surface area contributed by atoms with E-state index in [9.17, 15) is 4.79 Å². The number of aryl methyl sites for hydroxylation is 3. The molecule has 0 fully saturated rings. The molecule has 1 unspecified atom stereocenters. The number of rotatable bonds is 2. The predicted molar refractivity (Wildman–Crippen MR) is 94.2 cm³/mol. The second-order valence-corrected chi connectivity index (χ2v) is 6.68. The van der Waals surface area contributed by atoms with Gasteiger partial charge in [-0.25, -0.2) is 0 Å². The lowest BCUT2D eigenvalue weighted by atomic mass is 9.86. The molecule has 1 aromatic carbocycles. The Morgan fingerprint density at radius 3 is 2.72 bits per heavy atom. The first-order chi connectivity index (χ1) is 12.0. The van der Waals surface area contributed by atoms with E-state index in [0.717, 1.165) is 11.3 Å². The van der Waals surface area contributed by atoms with E-state index in [0.29, 0.717) is 18.8 Å². The van der Waals surface area contributed by atoms with Gasteiger partial charge in [0, 0.05) is 45.0 Å². The van der Waals surface area contributed by atoms with Crippen LogP contribution < -0.4 is 0 Å².